The molecule has 0 saturated heterocycles. The Labute approximate surface area is 136 Å². The van der Waals surface area contributed by atoms with Gasteiger partial charge in [-0.3, -0.25) is 9.48 Å². The molecule has 2 heterocycles. The van der Waals surface area contributed by atoms with Crippen molar-refractivity contribution in [2.24, 2.45) is 0 Å². The van der Waals surface area contributed by atoms with Crippen molar-refractivity contribution >= 4 is 5.91 Å². The number of ether oxygens (including phenoxy) is 1. The van der Waals surface area contributed by atoms with Gasteiger partial charge in [0.1, 0.15) is 0 Å². The number of rotatable bonds is 4. The summed E-state index contributed by atoms with van der Waals surface area (Å²) in [4.78, 5) is 12.5. The Morgan fingerprint density at radius 1 is 1.30 bits per heavy atom. The van der Waals surface area contributed by atoms with Crippen LogP contribution in [0.5, 0.6) is 0 Å². The van der Waals surface area contributed by atoms with Crippen LogP contribution in [0.2, 0.25) is 0 Å². The number of benzene rings is 1. The third-order valence-corrected chi connectivity index (χ3v) is 4.29. The molecular weight excluding hydrogens is 290 g/mol. The lowest BCUT2D eigenvalue weighted by Gasteiger charge is -2.15. The van der Waals surface area contributed by atoms with E-state index in [4.69, 9.17) is 4.74 Å². The second kappa shape index (κ2) is 6.54. The molecule has 0 fully saturated rings. The fraction of sp³-hybridized carbons (Fsp3) is 0.444. The maximum absolute atomic E-state index is 12.5. The number of fused-ring (bicyclic) bond motifs is 1. The first-order chi connectivity index (χ1) is 11.1. The molecule has 0 aliphatic carbocycles. The highest BCUT2D eigenvalue weighted by Crippen LogP contribution is 2.17. The minimum absolute atomic E-state index is 0.00985. The molecule has 0 saturated carbocycles. The number of hydrogen-bond donors (Lipinski definition) is 1. The molecule has 0 atom stereocenters. The number of amides is 1. The van der Waals surface area contributed by atoms with E-state index in [2.05, 4.69) is 10.4 Å². The van der Waals surface area contributed by atoms with E-state index >= 15 is 0 Å². The smallest absolute Gasteiger partial charge is 0.251 e. The van der Waals surface area contributed by atoms with Gasteiger partial charge in [0, 0.05) is 29.8 Å². The maximum atomic E-state index is 12.5. The highest BCUT2D eigenvalue weighted by atomic mass is 16.5. The van der Waals surface area contributed by atoms with Crippen LogP contribution in [0.4, 0.5) is 0 Å². The number of nitrogens with one attached hydrogen (secondary N) is 1. The van der Waals surface area contributed by atoms with Crippen LogP contribution in [0.25, 0.3) is 0 Å². The van der Waals surface area contributed by atoms with Gasteiger partial charge >= 0.3 is 0 Å². The Bertz CT molecular complexity index is 711. The van der Waals surface area contributed by atoms with Crippen LogP contribution in [-0.4, -0.2) is 28.8 Å². The molecule has 122 valence electrons. The van der Waals surface area contributed by atoms with E-state index in [0.29, 0.717) is 19.7 Å². The second-order valence-electron chi connectivity index (χ2n) is 6.17. The molecule has 1 aromatic heterocycles. The number of carbonyl (C=O) groups excluding carboxylic acids is 1. The summed E-state index contributed by atoms with van der Waals surface area (Å²) < 4.78 is 7.40. The van der Waals surface area contributed by atoms with Crippen LogP contribution >= 0.6 is 0 Å². The largest absolute Gasteiger partial charge is 0.376 e. The predicted molar refractivity (Wildman–Crippen MR) is 88.6 cm³/mol. The number of aromatic nitrogens is 2. The van der Waals surface area contributed by atoms with Gasteiger partial charge in [0.15, 0.2) is 0 Å². The lowest BCUT2D eigenvalue weighted by molar-refractivity contribution is 0.0949. The van der Waals surface area contributed by atoms with E-state index in [0.717, 1.165) is 35.3 Å². The molecule has 1 aromatic carbocycles. The highest BCUT2D eigenvalue weighted by Gasteiger charge is 2.16. The summed E-state index contributed by atoms with van der Waals surface area (Å²) in [5, 5.41) is 7.41. The maximum Gasteiger partial charge on any atom is 0.251 e. The van der Waals surface area contributed by atoms with Gasteiger partial charge in [0.2, 0.25) is 0 Å². The van der Waals surface area contributed by atoms with Crippen molar-refractivity contribution in [3.63, 3.8) is 0 Å². The molecule has 1 N–H and O–H groups in total. The number of aryl methyl sites for hydroxylation is 3. The zero-order valence-corrected chi connectivity index (χ0v) is 14.0. The molecule has 1 amide bonds. The van der Waals surface area contributed by atoms with Crippen molar-refractivity contribution in [3.05, 3.63) is 51.8 Å². The lowest BCUT2D eigenvalue weighted by Crippen LogP contribution is -2.29. The van der Waals surface area contributed by atoms with Crippen LogP contribution in [0.15, 0.2) is 18.3 Å². The number of hydrogen-bond acceptors (Lipinski definition) is 3. The standard InChI is InChI=1S/C18H23N3O2/c1-12-8-13(2)17(14(3)9-12)18(22)19-5-6-21-16-4-7-23-11-15(16)10-20-21/h8-10H,4-7,11H2,1-3H3,(H,19,22). The van der Waals surface area contributed by atoms with Gasteiger partial charge in [-0.2, -0.15) is 5.10 Å². The quantitative estimate of drug-likeness (QED) is 0.942. The third-order valence-electron chi connectivity index (χ3n) is 4.29. The fourth-order valence-electron chi connectivity index (χ4n) is 3.31. The van der Waals surface area contributed by atoms with E-state index in [9.17, 15) is 4.79 Å². The van der Waals surface area contributed by atoms with Crippen molar-refractivity contribution in [2.75, 3.05) is 13.2 Å². The van der Waals surface area contributed by atoms with Crippen LogP contribution < -0.4 is 5.32 Å². The summed E-state index contributed by atoms with van der Waals surface area (Å²) in [6.07, 6.45) is 2.75. The molecule has 0 spiro atoms. The second-order valence-corrected chi connectivity index (χ2v) is 6.17. The zero-order valence-electron chi connectivity index (χ0n) is 14.0. The first-order valence-corrected chi connectivity index (χ1v) is 8.03. The van der Waals surface area contributed by atoms with E-state index in [-0.39, 0.29) is 5.91 Å². The molecule has 0 unspecified atom stereocenters. The van der Waals surface area contributed by atoms with Gasteiger partial charge in [-0.25, -0.2) is 0 Å². The Balaban J connectivity index is 1.63. The summed E-state index contributed by atoms with van der Waals surface area (Å²) in [6.45, 7) is 8.66. The van der Waals surface area contributed by atoms with Crippen molar-refractivity contribution in [3.8, 4) is 0 Å². The first kappa shape index (κ1) is 15.7. The summed E-state index contributed by atoms with van der Waals surface area (Å²) in [5.74, 6) is -0.00985. The van der Waals surface area contributed by atoms with E-state index < -0.39 is 0 Å². The first-order valence-electron chi connectivity index (χ1n) is 8.03. The molecular formula is C18H23N3O2. The van der Waals surface area contributed by atoms with E-state index in [1.807, 2.05) is 43.8 Å². The normalized spacial score (nSPS) is 13.7. The molecule has 1 aliphatic heterocycles. The minimum Gasteiger partial charge on any atom is -0.376 e. The molecule has 5 heteroatoms. The fourth-order valence-corrected chi connectivity index (χ4v) is 3.31. The van der Waals surface area contributed by atoms with Gasteiger partial charge in [-0.15, -0.1) is 0 Å². The molecule has 0 radical (unpaired) electrons. The Kier molecular flexibility index (Phi) is 4.48. The highest BCUT2D eigenvalue weighted by molar-refractivity contribution is 5.97. The van der Waals surface area contributed by atoms with Gasteiger partial charge in [0.25, 0.3) is 5.91 Å². The number of nitrogens with zero attached hydrogens (tertiary/aromatic N) is 2. The Hall–Kier alpha value is -2.14. The molecule has 1 aliphatic rings. The van der Waals surface area contributed by atoms with Crippen molar-refractivity contribution < 1.29 is 9.53 Å². The van der Waals surface area contributed by atoms with Gasteiger partial charge in [-0.05, 0) is 31.9 Å². The molecule has 0 bridgehead atoms. The average Bonchev–Trinajstić information content (AvgIpc) is 2.90. The Morgan fingerprint density at radius 2 is 2.04 bits per heavy atom. The van der Waals surface area contributed by atoms with Crippen molar-refractivity contribution in [2.45, 2.75) is 40.3 Å². The predicted octanol–water partition coefficient (Wildman–Crippen LogP) is 2.31. The van der Waals surface area contributed by atoms with Crippen LogP contribution in [0.1, 0.15) is 38.3 Å². The van der Waals surface area contributed by atoms with E-state index in [1.54, 1.807) is 0 Å². The van der Waals surface area contributed by atoms with Crippen LogP contribution in [0.3, 0.4) is 0 Å². The molecule has 3 rings (SSSR count). The van der Waals surface area contributed by atoms with Gasteiger partial charge < -0.3 is 10.1 Å². The van der Waals surface area contributed by atoms with Crippen LogP contribution in [-0.2, 0) is 24.3 Å². The summed E-state index contributed by atoms with van der Waals surface area (Å²) >= 11 is 0. The summed E-state index contributed by atoms with van der Waals surface area (Å²) in [6, 6.07) is 4.09. The van der Waals surface area contributed by atoms with Crippen LogP contribution in [0, 0.1) is 20.8 Å². The third kappa shape index (κ3) is 3.29. The average molecular weight is 313 g/mol. The van der Waals surface area contributed by atoms with Crippen molar-refractivity contribution in [1.29, 1.82) is 0 Å². The zero-order chi connectivity index (χ0) is 16.4. The lowest BCUT2D eigenvalue weighted by atomic mass is 9.99. The minimum atomic E-state index is -0.00985. The molecule has 5 nitrogen and oxygen atoms in total. The molecule has 2 aromatic rings. The summed E-state index contributed by atoms with van der Waals surface area (Å²) in [7, 11) is 0. The molecule has 23 heavy (non-hydrogen) atoms. The Morgan fingerprint density at radius 3 is 2.78 bits per heavy atom. The summed E-state index contributed by atoms with van der Waals surface area (Å²) in [5.41, 5.74) is 6.40. The topological polar surface area (TPSA) is 56.2 Å². The van der Waals surface area contributed by atoms with Crippen molar-refractivity contribution in [1.82, 2.24) is 15.1 Å². The monoisotopic (exact) mass is 313 g/mol. The van der Waals surface area contributed by atoms with Gasteiger partial charge in [0.05, 0.1) is 26.0 Å². The van der Waals surface area contributed by atoms with Gasteiger partial charge in [-0.1, -0.05) is 17.7 Å². The number of carbonyl (C=O) groups is 1. The SMILES string of the molecule is Cc1cc(C)c(C(=O)NCCn2ncc3c2CCOC3)c(C)c1. The van der Waals surface area contributed by atoms with E-state index in [1.165, 1.54) is 11.3 Å².